The van der Waals surface area contributed by atoms with Crippen LogP contribution in [-0.4, -0.2) is 17.2 Å². The van der Waals surface area contributed by atoms with E-state index in [4.69, 9.17) is 4.74 Å². The summed E-state index contributed by atoms with van der Waals surface area (Å²) >= 11 is 0. The van der Waals surface area contributed by atoms with Crippen LogP contribution in [0.3, 0.4) is 0 Å². The van der Waals surface area contributed by atoms with E-state index in [1.807, 2.05) is 48.5 Å². The maximum atomic E-state index is 10.7. The lowest BCUT2D eigenvalue weighted by Crippen LogP contribution is -2.05. The van der Waals surface area contributed by atoms with Gasteiger partial charge in [-0.15, -0.1) is 0 Å². The SMILES string of the molecule is COc1ccc2ccccc2c1C(O)Cc1cccnc1. The zero-order valence-corrected chi connectivity index (χ0v) is 11.9. The minimum Gasteiger partial charge on any atom is -0.496 e. The second-order valence-electron chi connectivity index (χ2n) is 4.98. The van der Waals surface area contributed by atoms with E-state index in [1.165, 1.54) is 0 Å². The molecule has 0 spiro atoms. The van der Waals surface area contributed by atoms with Crippen LogP contribution in [0.5, 0.6) is 5.75 Å². The molecule has 0 aliphatic carbocycles. The second kappa shape index (κ2) is 5.94. The van der Waals surface area contributed by atoms with Crippen LogP contribution >= 0.6 is 0 Å². The molecule has 1 heterocycles. The molecular weight excluding hydrogens is 262 g/mol. The normalized spacial score (nSPS) is 12.3. The largest absolute Gasteiger partial charge is 0.496 e. The molecule has 0 radical (unpaired) electrons. The van der Waals surface area contributed by atoms with E-state index >= 15 is 0 Å². The summed E-state index contributed by atoms with van der Waals surface area (Å²) < 4.78 is 5.44. The molecule has 21 heavy (non-hydrogen) atoms. The fraction of sp³-hybridized carbons (Fsp3) is 0.167. The van der Waals surface area contributed by atoms with Crippen LogP contribution in [-0.2, 0) is 6.42 Å². The van der Waals surface area contributed by atoms with Gasteiger partial charge in [-0.25, -0.2) is 0 Å². The molecule has 1 N–H and O–H groups in total. The van der Waals surface area contributed by atoms with Gasteiger partial charge >= 0.3 is 0 Å². The predicted molar refractivity (Wildman–Crippen MR) is 83.4 cm³/mol. The van der Waals surface area contributed by atoms with Crippen molar-refractivity contribution in [3.8, 4) is 5.75 Å². The molecule has 0 aliphatic heterocycles. The van der Waals surface area contributed by atoms with Gasteiger partial charge in [-0.2, -0.15) is 0 Å². The van der Waals surface area contributed by atoms with E-state index in [9.17, 15) is 5.11 Å². The average molecular weight is 279 g/mol. The molecular formula is C18H17NO2. The van der Waals surface area contributed by atoms with Crippen molar-refractivity contribution in [2.24, 2.45) is 0 Å². The van der Waals surface area contributed by atoms with Gasteiger partial charge in [0.25, 0.3) is 0 Å². The van der Waals surface area contributed by atoms with E-state index in [1.54, 1.807) is 19.5 Å². The van der Waals surface area contributed by atoms with Gasteiger partial charge in [-0.1, -0.05) is 36.4 Å². The summed E-state index contributed by atoms with van der Waals surface area (Å²) in [6, 6.07) is 15.8. The van der Waals surface area contributed by atoms with Crippen LogP contribution in [0.25, 0.3) is 10.8 Å². The summed E-state index contributed by atoms with van der Waals surface area (Å²) in [7, 11) is 1.63. The minimum absolute atomic E-state index is 0.512. The average Bonchev–Trinajstić information content (AvgIpc) is 2.54. The Bertz CT molecular complexity index is 741. The van der Waals surface area contributed by atoms with E-state index in [-0.39, 0.29) is 0 Å². The van der Waals surface area contributed by atoms with Crippen LogP contribution in [0.15, 0.2) is 60.9 Å². The van der Waals surface area contributed by atoms with Crippen molar-refractivity contribution in [1.82, 2.24) is 4.98 Å². The summed E-state index contributed by atoms with van der Waals surface area (Å²) in [4.78, 5) is 4.09. The van der Waals surface area contributed by atoms with Crippen molar-refractivity contribution in [2.75, 3.05) is 7.11 Å². The number of fused-ring (bicyclic) bond motifs is 1. The fourth-order valence-corrected chi connectivity index (χ4v) is 2.64. The van der Waals surface area contributed by atoms with E-state index in [2.05, 4.69) is 4.98 Å². The molecule has 2 aromatic carbocycles. The number of benzene rings is 2. The highest BCUT2D eigenvalue weighted by Gasteiger charge is 2.17. The Kier molecular flexibility index (Phi) is 3.84. The topological polar surface area (TPSA) is 42.4 Å². The maximum absolute atomic E-state index is 10.7. The first kappa shape index (κ1) is 13.6. The Morgan fingerprint density at radius 1 is 1.10 bits per heavy atom. The molecule has 3 nitrogen and oxygen atoms in total. The number of hydrogen-bond acceptors (Lipinski definition) is 3. The standard InChI is InChI=1S/C18H17NO2/c1-21-17-9-8-14-6-2-3-7-15(14)18(17)16(20)11-13-5-4-10-19-12-13/h2-10,12,16,20H,11H2,1H3. The second-order valence-corrected chi connectivity index (χ2v) is 4.98. The van der Waals surface area contributed by atoms with Crippen LogP contribution < -0.4 is 4.74 Å². The van der Waals surface area contributed by atoms with Crippen molar-refractivity contribution in [3.63, 3.8) is 0 Å². The third kappa shape index (κ3) is 2.73. The first-order valence-electron chi connectivity index (χ1n) is 6.92. The highest BCUT2D eigenvalue weighted by atomic mass is 16.5. The predicted octanol–water partition coefficient (Wildman–Crippen LogP) is 3.52. The molecule has 0 saturated carbocycles. The number of ether oxygens (including phenoxy) is 1. The van der Waals surface area contributed by atoms with Gasteiger partial charge in [0.15, 0.2) is 0 Å². The number of methoxy groups -OCH3 is 1. The first-order chi connectivity index (χ1) is 10.3. The van der Waals surface area contributed by atoms with Gasteiger partial charge in [-0.3, -0.25) is 4.98 Å². The lowest BCUT2D eigenvalue weighted by Gasteiger charge is -2.17. The number of nitrogens with zero attached hydrogens (tertiary/aromatic N) is 1. The third-order valence-electron chi connectivity index (χ3n) is 3.64. The van der Waals surface area contributed by atoms with Gasteiger partial charge in [0, 0.05) is 24.4 Å². The number of aromatic nitrogens is 1. The number of pyridine rings is 1. The van der Waals surface area contributed by atoms with E-state index in [0.29, 0.717) is 12.2 Å². The van der Waals surface area contributed by atoms with Crippen molar-refractivity contribution in [2.45, 2.75) is 12.5 Å². The molecule has 0 saturated heterocycles. The fourth-order valence-electron chi connectivity index (χ4n) is 2.64. The number of rotatable bonds is 4. The van der Waals surface area contributed by atoms with Crippen LogP contribution in [0, 0.1) is 0 Å². The van der Waals surface area contributed by atoms with Crippen molar-refractivity contribution in [3.05, 3.63) is 72.1 Å². The summed E-state index contributed by atoms with van der Waals surface area (Å²) in [6.45, 7) is 0. The Balaban J connectivity index is 2.05. The maximum Gasteiger partial charge on any atom is 0.125 e. The number of aliphatic hydroxyl groups excluding tert-OH is 1. The van der Waals surface area contributed by atoms with Crippen molar-refractivity contribution >= 4 is 10.8 Å². The van der Waals surface area contributed by atoms with Crippen LogP contribution in [0.2, 0.25) is 0 Å². The Morgan fingerprint density at radius 2 is 1.95 bits per heavy atom. The zero-order chi connectivity index (χ0) is 14.7. The molecule has 0 fully saturated rings. The Labute approximate surface area is 123 Å². The number of hydrogen-bond donors (Lipinski definition) is 1. The molecule has 0 bridgehead atoms. The van der Waals surface area contributed by atoms with Gasteiger partial charge in [0.1, 0.15) is 5.75 Å². The Morgan fingerprint density at radius 3 is 2.71 bits per heavy atom. The highest BCUT2D eigenvalue weighted by Crippen LogP contribution is 2.34. The molecule has 1 unspecified atom stereocenters. The summed E-state index contributed by atoms with van der Waals surface area (Å²) in [6.07, 6.45) is 3.39. The molecule has 1 aromatic heterocycles. The highest BCUT2D eigenvalue weighted by molar-refractivity contribution is 5.88. The smallest absolute Gasteiger partial charge is 0.125 e. The minimum atomic E-state index is -0.629. The number of aliphatic hydroxyl groups is 1. The van der Waals surface area contributed by atoms with Gasteiger partial charge in [0.05, 0.1) is 13.2 Å². The first-order valence-corrected chi connectivity index (χ1v) is 6.92. The van der Waals surface area contributed by atoms with Gasteiger partial charge in [-0.05, 0) is 28.5 Å². The Hall–Kier alpha value is -2.39. The summed E-state index contributed by atoms with van der Waals surface area (Å²) in [5.41, 5.74) is 1.83. The molecule has 0 amide bonds. The lowest BCUT2D eigenvalue weighted by atomic mass is 9.95. The summed E-state index contributed by atoms with van der Waals surface area (Å²) in [5, 5.41) is 12.8. The van der Waals surface area contributed by atoms with Gasteiger partial charge < -0.3 is 9.84 Å². The molecule has 3 rings (SSSR count). The lowest BCUT2D eigenvalue weighted by molar-refractivity contribution is 0.175. The third-order valence-corrected chi connectivity index (χ3v) is 3.64. The van der Waals surface area contributed by atoms with E-state index < -0.39 is 6.10 Å². The van der Waals surface area contributed by atoms with Crippen molar-refractivity contribution in [1.29, 1.82) is 0 Å². The molecule has 0 aliphatic rings. The zero-order valence-electron chi connectivity index (χ0n) is 11.9. The molecule has 3 heteroatoms. The van der Waals surface area contributed by atoms with Crippen LogP contribution in [0.1, 0.15) is 17.2 Å². The summed E-state index contributed by atoms with van der Waals surface area (Å²) in [5.74, 6) is 0.713. The van der Waals surface area contributed by atoms with Crippen LogP contribution in [0.4, 0.5) is 0 Å². The molecule has 3 aromatic rings. The van der Waals surface area contributed by atoms with Crippen molar-refractivity contribution < 1.29 is 9.84 Å². The van der Waals surface area contributed by atoms with E-state index in [0.717, 1.165) is 21.9 Å². The monoisotopic (exact) mass is 279 g/mol. The molecule has 1 atom stereocenters. The molecule has 106 valence electrons. The van der Waals surface area contributed by atoms with Gasteiger partial charge in [0.2, 0.25) is 0 Å². The quantitative estimate of drug-likeness (QED) is 0.794.